The average molecular weight is 348 g/mol. The first-order chi connectivity index (χ1) is 11.2. The minimum atomic E-state index is 0.0879. The SMILES string of the molecule is O=C(c1cscn1)N1C[C@H]2CN(Cc3ccc(Cl)cc3)C[C@@H]2C1. The van der Waals surface area contributed by atoms with E-state index in [0.29, 0.717) is 17.5 Å². The summed E-state index contributed by atoms with van der Waals surface area (Å²) in [4.78, 5) is 21.0. The molecule has 120 valence electrons. The fourth-order valence-electron chi connectivity index (χ4n) is 3.71. The van der Waals surface area contributed by atoms with Gasteiger partial charge >= 0.3 is 0 Å². The summed E-state index contributed by atoms with van der Waals surface area (Å²) in [6, 6.07) is 8.08. The van der Waals surface area contributed by atoms with E-state index >= 15 is 0 Å². The number of rotatable bonds is 3. The molecule has 0 N–H and O–H groups in total. The summed E-state index contributed by atoms with van der Waals surface area (Å²) in [5, 5.41) is 2.62. The first-order valence-corrected chi connectivity index (χ1v) is 9.15. The highest BCUT2D eigenvalue weighted by molar-refractivity contribution is 7.07. The zero-order valence-electron chi connectivity index (χ0n) is 12.7. The van der Waals surface area contributed by atoms with Gasteiger partial charge in [-0.15, -0.1) is 11.3 Å². The number of hydrogen-bond donors (Lipinski definition) is 0. The van der Waals surface area contributed by atoms with Crippen molar-refractivity contribution in [2.24, 2.45) is 11.8 Å². The molecule has 2 aliphatic heterocycles. The second-order valence-corrected chi connectivity index (χ2v) is 7.58. The number of thiazole rings is 1. The highest BCUT2D eigenvalue weighted by Crippen LogP contribution is 2.32. The van der Waals surface area contributed by atoms with E-state index in [-0.39, 0.29) is 5.91 Å². The zero-order valence-corrected chi connectivity index (χ0v) is 14.3. The number of halogens is 1. The number of fused-ring (bicyclic) bond motifs is 1. The lowest BCUT2D eigenvalue weighted by Gasteiger charge is -2.21. The summed E-state index contributed by atoms with van der Waals surface area (Å²) in [7, 11) is 0. The Labute approximate surface area is 144 Å². The van der Waals surface area contributed by atoms with Crippen LogP contribution >= 0.6 is 22.9 Å². The van der Waals surface area contributed by atoms with Crippen LogP contribution in [-0.2, 0) is 6.54 Å². The predicted octanol–water partition coefficient (Wildman–Crippen LogP) is 3.00. The summed E-state index contributed by atoms with van der Waals surface area (Å²) in [5.74, 6) is 1.26. The third-order valence-electron chi connectivity index (χ3n) is 4.82. The van der Waals surface area contributed by atoms with Crippen molar-refractivity contribution < 1.29 is 4.79 Å². The Morgan fingerprint density at radius 2 is 1.87 bits per heavy atom. The van der Waals surface area contributed by atoms with Gasteiger partial charge in [-0.3, -0.25) is 9.69 Å². The van der Waals surface area contributed by atoms with Crippen LogP contribution in [0.5, 0.6) is 0 Å². The monoisotopic (exact) mass is 347 g/mol. The molecule has 0 radical (unpaired) electrons. The Morgan fingerprint density at radius 1 is 1.17 bits per heavy atom. The van der Waals surface area contributed by atoms with Crippen molar-refractivity contribution in [3.8, 4) is 0 Å². The molecule has 1 aromatic carbocycles. The average Bonchev–Trinajstić information content (AvgIpc) is 3.24. The van der Waals surface area contributed by atoms with Crippen molar-refractivity contribution in [1.82, 2.24) is 14.8 Å². The van der Waals surface area contributed by atoms with Crippen molar-refractivity contribution in [2.75, 3.05) is 26.2 Å². The van der Waals surface area contributed by atoms with Crippen LogP contribution < -0.4 is 0 Å². The largest absolute Gasteiger partial charge is 0.337 e. The molecule has 6 heteroatoms. The van der Waals surface area contributed by atoms with Crippen LogP contribution in [0.25, 0.3) is 0 Å². The van der Waals surface area contributed by atoms with E-state index in [9.17, 15) is 4.79 Å². The molecule has 2 aliphatic rings. The summed E-state index contributed by atoms with van der Waals surface area (Å²) < 4.78 is 0. The molecule has 2 saturated heterocycles. The van der Waals surface area contributed by atoms with Crippen LogP contribution in [0, 0.1) is 11.8 Å². The van der Waals surface area contributed by atoms with Crippen LogP contribution in [0.15, 0.2) is 35.2 Å². The van der Waals surface area contributed by atoms with Crippen LogP contribution in [0.3, 0.4) is 0 Å². The minimum absolute atomic E-state index is 0.0879. The third kappa shape index (κ3) is 3.13. The molecule has 4 rings (SSSR count). The summed E-state index contributed by atoms with van der Waals surface area (Å²) in [5.41, 5.74) is 3.61. The number of hydrogen-bond acceptors (Lipinski definition) is 4. The van der Waals surface area contributed by atoms with Crippen molar-refractivity contribution in [3.05, 3.63) is 51.4 Å². The molecule has 0 saturated carbocycles. The van der Waals surface area contributed by atoms with Crippen molar-refractivity contribution >= 4 is 28.8 Å². The zero-order chi connectivity index (χ0) is 15.8. The molecule has 1 amide bonds. The summed E-state index contributed by atoms with van der Waals surface area (Å²) in [6.07, 6.45) is 0. The Balaban J connectivity index is 1.35. The molecule has 1 aromatic heterocycles. The Hall–Kier alpha value is -1.43. The highest BCUT2D eigenvalue weighted by Gasteiger charge is 2.41. The van der Waals surface area contributed by atoms with Crippen LogP contribution in [0.1, 0.15) is 16.1 Å². The number of likely N-dealkylation sites (tertiary alicyclic amines) is 2. The van der Waals surface area contributed by atoms with Crippen molar-refractivity contribution in [1.29, 1.82) is 0 Å². The molecule has 0 spiro atoms. The number of aromatic nitrogens is 1. The second kappa shape index (κ2) is 6.23. The van der Waals surface area contributed by atoms with E-state index in [1.807, 2.05) is 22.4 Å². The number of amides is 1. The predicted molar refractivity (Wildman–Crippen MR) is 91.7 cm³/mol. The minimum Gasteiger partial charge on any atom is -0.337 e. The van der Waals surface area contributed by atoms with Gasteiger partial charge in [-0.2, -0.15) is 0 Å². The van der Waals surface area contributed by atoms with E-state index in [0.717, 1.165) is 37.7 Å². The Bertz CT molecular complexity index is 674. The van der Waals surface area contributed by atoms with Gasteiger partial charge in [-0.05, 0) is 29.5 Å². The summed E-state index contributed by atoms with van der Waals surface area (Å²) in [6.45, 7) is 4.81. The molecule has 2 fully saturated rings. The molecule has 2 aromatic rings. The smallest absolute Gasteiger partial charge is 0.273 e. The van der Waals surface area contributed by atoms with Gasteiger partial charge in [0, 0.05) is 43.1 Å². The third-order valence-corrected chi connectivity index (χ3v) is 5.66. The van der Waals surface area contributed by atoms with E-state index in [4.69, 9.17) is 11.6 Å². The van der Waals surface area contributed by atoms with Gasteiger partial charge in [0.05, 0.1) is 5.51 Å². The number of benzene rings is 1. The standard InChI is InChI=1S/C17H18ClN3OS/c18-15-3-1-12(2-4-15)5-20-6-13-8-21(9-14(13)7-20)17(22)16-10-23-11-19-16/h1-4,10-11,13-14H,5-9H2/t13-,14-/m1/s1. The maximum Gasteiger partial charge on any atom is 0.273 e. The quantitative estimate of drug-likeness (QED) is 0.856. The van der Waals surface area contributed by atoms with E-state index in [2.05, 4.69) is 22.0 Å². The molecule has 4 nitrogen and oxygen atoms in total. The van der Waals surface area contributed by atoms with Crippen LogP contribution in [-0.4, -0.2) is 46.9 Å². The van der Waals surface area contributed by atoms with E-state index < -0.39 is 0 Å². The number of carbonyl (C=O) groups excluding carboxylic acids is 1. The van der Waals surface area contributed by atoms with Crippen molar-refractivity contribution in [3.63, 3.8) is 0 Å². The normalized spacial score (nSPS) is 24.1. The van der Waals surface area contributed by atoms with E-state index in [1.54, 1.807) is 5.51 Å². The van der Waals surface area contributed by atoms with Crippen LogP contribution in [0.4, 0.5) is 0 Å². The summed E-state index contributed by atoms with van der Waals surface area (Å²) >= 11 is 7.41. The van der Waals surface area contributed by atoms with E-state index in [1.165, 1.54) is 16.9 Å². The Kier molecular flexibility index (Phi) is 4.09. The van der Waals surface area contributed by atoms with Gasteiger partial charge in [-0.1, -0.05) is 23.7 Å². The maximum absolute atomic E-state index is 12.4. The lowest BCUT2D eigenvalue weighted by molar-refractivity contribution is 0.0768. The first-order valence-electron chi connectivity index (χ1n) is 7.83. The number of carbonyl (C=O) groups is 1. The number of nitrogens with zero attached hydrogens (tertiary/aromatic N) is 3. The fourth-order valence-corrected chi connectivity index (χ4v) is 4.37. The molecule has 2 atom stereocenters. The van der Waals surface area contributed by atoms with Crippen molar-refractivity contribution in [2.45, 2.75) is 6.54 Å². The van der Waals surface area contributed by atoms with Gasteiger partial charge < -0.3 is 4.90 Å². The molecular formula is C17H18ClN3OS. The molecule has 0 aliphatic carbocycles. The molecule has 0 bridgehead atoms. The van der Waals surface area contributed by atoms with Gasteiger partial charge in [0.25, 0.3) is 5.91 Å². The molecule has 0 unspecified atom stereocenters. The lowest BCUT2D eigenvalue weighted by Crippen LogP contribution is -2.33. The van der Waals surface area contributed by atoms with Gasteiger partial charge in [-0.25, -0.2) is 4.98 Å². The van der Waals surface area contributed by atoms with Gasteiger partial charge in [0.15, 0.2) is 0 Å². The van der Waals surface area contributed by atoms with Gasteiger partial charge in [0.1, 0.15) is 5.69 Å². The fraction of sp³-hybridized carbons (Fsp3) is 0.412. The maximum atomic E-state index is 12.4. The lowest BCUT2D eigenvalue weighted by atomic mass is 10.0. The second-order valence-electron chi connectivity index (χ2n) is 6.42. The topological polar surface area (TPSA) is 36.4 Å². The Morgan fingerprint density at radius 3 is 2.48 bits per heavy atom. The first kappa shape index (κ1) is 15.1. The van der Waals surface area contributed by atoms with Gasteiger partial charge in [0.2, 0.25) is 0 Å². The highest BCUT2D eigenvalue weighted by atomic mass is 35.5. The molecule has 23 heavy (non-hydrogen) atoms. The molecule has 3 heterocycles. The van der Waals surface area contributed by atoms with Crippen LogP contribution in [0.2, 0.25) is 5.02 Å². The molecular weight excluding hydrogens is 330 g/mol.